The van der Waals surface area contributed by atoms with Crippen LogP contribution in [0.2, 0.25) is 0 Å². The van der Waals surface area contributed by atoms with Gasteiger partial charge in [0.1, 0.15) is 11.4 Å². The molecule has 0 spiro atoms. The topological polar surface area (TPSA) is 81.8 Å². The fraction of sp³-hybridized carbons (Fsp3) is 0.333. The Balaban J connectivity index is 1.31. The molecule has 0 aliphatic carbocycles. The molecule has 186 valence electrons. The third-order valence-corrected chi connectivity index (χ3v) is 6.99. The summed E-state index contributed by atoms with van der Waals surface area (Å²) in [7, 11) is 3.85. The molecule has 6 rings (SSSR count). The van der Waals surface area contributed by atoms with Crippen molar-refractivity contribution >= 4 is 34.2 Å². The number of ether oxygens (including phenoxy) is 1. The van der Waals surface area contributed by atoms with Crippen molar-refractivity contribution in [2.75, 3.05) is 62.2 Å². The van der Waals surface area contributed by atoms with E-state index in [1.807, 2.05) is 29.5 Å². The third kappa shape index (κ3) is 4.31. The van der Waals surface area contributed by atoms with E-state index in [1.165, 1.54) is 5.56 Å². The third-order valence-electron chi connectivity index (χ3n) is 6.99. The minimum atomic E-state index is 0.0875. The van der Waals surface area contributed by atoms with Crippen LogP contribution in [0.5, 0.6) is 5.75 Å². The average Bonchev–Trinajstić information content (AvgIpc) is 3.59. The number of hydrogen-bond donors (Lipinski definition) is 2. The van der Waals surface area contributed by atoms with Gasteiger partial charge in [0.2, 0.25) is 5.95 Å². The summed E-state index contributed by atoms with van der Waals surface area (Å²) in [6.45, 7) is 4.75. The number of likely N-dealkylation sites (N-methyl/N-ethyl adjacent to an activating group) is 1. The second kappa shape index (κ2) is 9.67. The number of anilines is 4. The van der Waals surface area contributed by atoms with Gasteiger partial charge in [-0.2, -0.15) is 9.97 Å². The summed E-state index contributed by atoms with van der Waals surface area (Å²) in [5.74, 6) is 1.97. The summed E-state index contributed by atoms with van der Waals surface area (Å²) in [4.78, 5) is 23.7. The van der Waals surface area contributed by atoms with Gasteiger partial charge in [-0.3, -0.25) is 4.84 Å². The molecule has 2 aliphatic rings. The smallest absolute Gasteiger partial charge is 0.231 e. The van der Waals surface area contributed by atoms with Crippen molar-refractivity contribution in [3.63, 3.8) is 0 Å². The van der Waals surface area contributed by atoms with Gasteiger partial charge in [0.15, 0.2) is 5.82 Å². The van der Waals surface area contributed by atoms with Gasteiger partial charge in [0.05, 0.1) is 30.8 Å². The normalized spacial score (nSPS) is 18.7. The van der Waals surface area contributed by atoms with Crippen molar-refractivity contribution in [2.24, 2.45) is 0 Å². The Hall–Kier alpha value is -3.82. The van der Waals surface area contributed by atoms with E-state index in [0.29, 0.717) is 12.6 Å². The van der Waals surface area contributed by atoms with Gasteiger partial charge in [-0.05, 0) is 30.8 Å². The summed E-state index contributed by atoms with van der Waals surface area (Å²) in [5.41, 5.74) is 3.92. The summed E-state index contributed by atoms with van der Waals surface area (Å²) in [6.07, 6.45) is 2.77. The van der Waals surface area contributed by atoms with Crippen LogP contribution >= 0.6 is 0 Å². The highest BCUT2D eigenvalue weighted by Gasteiger charge is 2.31. The SMILES string of the molecule is COc1cc(N2CCN(C)CC2)ccc1Nc1nc(N2OCC[C@H]2c2ccccc2)c2cc[nH]c2n1. The molecule has 4 heterocycles. The Bertz CT molecular complexity index is 1330. The minimum absolute atomic E-state index is 0.0875. The lowest BCUT2D eigenvalue weighted by atomic mass is 10.0. The molecule has 2 fully saturated rings. The predicted octanol–water partition coefficient (Wildman–Crippen LogP) is 4.34. The highest BCUT2D eigenvalue weighted by atomic mass is 16.7. The highest BCUT2D eigenvalue weighted by molar-refractivity contribution is 5.89. The number of rotatable bonds is 6. The number of nitrogens with zero attached hydrogens (tertiary/aromatic N) is 5. The molecule has 4 aromatic rings. The number of H-pyrrole nitrogens is 1. The number of piperazine rings is 1. The molecule has 2 aromatic carbocycles. The number of aromatic amines is 1. The van der Waals surface area contributed by atoms with Crippen molar-refractivity contribution in [3.05, 3.63) is 66.4 Å². The van der Waals surface area contributed by atoms with Crippen LogP contribution in [0.25, 0.3) is 11.0 Å². The number of benzene rings is 2. The Morgan fingerprint density at radius 3 is 2.67 bits per heavy atom. The molecule has 9 nitrogen and oxygen atoms in total. The molecule has 2 aliphatic heterocycles. The van der Waals surface area contributed by atoms with E-state index in [2.05, 4.69) is 63.5 Å². The molecule has 0 amide bonds. The largest absolute Gasteiger partial charge is 0.494 e. The van der Waals surface area contributed by atoms with Gasteiger partial charge < -0.3 is 24.8 Å². The van der Waals surface area contributed by atoms with Crippen molar-refractivity contribution in [3.8, 4) is 5.75 Å². The quantitative estimate of drug-likeness (QED) is 0.417. The first-order chi connectivity index (χ1) is 17.7. The number of fused-ring (bicyclic) bond motifs is 1. The van der Waals surface area contributed by atoms with Crippen molar-refractivity contribution in [1.29, 1.82) is 0 Å². The monoisotopic (exact) mass is 485 g/mol. The zero-order chi connectivity index (χ0) is 24.5. The summed E-state index contributed by atoms with van der Waals surface area (Å²) < 4.78 is 5.75. The van der Waals surface area contributed by atoms with Crippen molar-refractivity contribution in [2.45, 2.75) is 12.5 Å². The van der Waals surface area contributed by atoms with Crippen LogP contribution in [0.4, 0.5) is 23.1 Å². The minimum Gasteiger partial charge on any atom is -0.494 e. The van der Waals surface area contributed by atoms with Gasteiger partial charge in [-0.25, -0.2) is 5.06 Å². The second-order valence-corrected chi connectivity index (χ2v) is 9.28. The Morgan fingerprint density at radius 1 is 1.03 bits per heavy atom. The zero-order valence-corrected chi connectivity index (χ0v) is 20.6. The first-order valence-electron chi connectivity index (χ1n) is 12.4. The lowest BCUT2D eigenvalue weighted by Crippen LogP contribution is -2.44. The van der Waals surface area contributed by atoms with Gasteiger partial charge >= 0.3 is 0 Å². The van der Waals surface area contributed by atoms with E-state index >= 15 is 0 Å². The van der Waals surface area contributed by atoms with Gasteiger partial charge in [0, 0.05) is 50.6 Å². The van der Waals surface area contributed by atoms with E-state index < -0.39 is 0 Å². The van der Waals surface area contributed by atoms with E-state index in [1.54, 1.807) is 7.11 Å². The molecule has 0 unspecified atom stereocenters. The Labute approximate surface area is 210 Å². The van der Waals surface area contributed by atoms with E-state index in [4.69, 9.17) is 19.5 Å². The number of hydrogen-bond acceptors (Lipinski definition) is 8. The molecule has 36 heavy (non-hydrogen) atoms. The van der Waals surface area contributed by atoms with Gasteiger partial charge in [0.25, 0.3) is 0 Å². The zero-order valence-electron chi connectivity index (χ0n) is 20.6. The molecular weight excluding hydrogens is 454 g/mol. The average molecular weight is 486 g/mol. The first-order valence-corrected chi connectivity index (χ1v) is 12.4. The maximum atomic E-state index is 6.09. The fourth-order valence-corrected chi connectivity index (χ4v) is 4.97. The predicted molar refractivity (Wildman–Crippen MR) is 142 cm³/mol. The molecule has 2 aromatic heterocycles. The fourth-order valence-electron chi connectivity index (χ4n) is 4.97. The highest BCUT2D eigenvalue weighted by Crippen LogP contribution is 2.38. The number of methoxy groups -OCH3 is 1. The van der Waals surface area contributed by atoms with Crippen LogP contribution in [0, 0.1) is 0 Å². The summed E-state index contributed by atoms with van der Waals surface area (Å²) in [5, 5.41) is 6.22. The standard InChI is InChI=1S/C27H31N7O2/c1-32-13-15-33(16-14-32)20-8-9-22(24(18-20)35-2)29-27-30-25-21(10-12-28-25)26(31-27)34-23(11-17-36-34)19-6-4-3-5-7-19/h3-10,12,18,23H,11,13-17H2,1-2H3,(H2,28,29,30,31)/t23-/m0/s1. The molecule has 2 saturated heterocycles. The van der Waals surface area contributed by atoms with E-state index in [9.17, 15) is 0 Å². The van der Waals surface area contributed by atoms with Crippen LogP contribution in [-0.2, 0) is 4.84 Å². The first kappa shape index (κ1) is 22.6. The van der Waals surface area contributed by atoms with Crippen LogP contribution in [0.15, 0.2) is 60.8 Å². The second-order valence-electron chi connectivity index (χ2n) is 9.28. The lowest BCUT2D eigenvalue weighted by Gasteiger charge is -2.34. The molecule has 9 heteroatoms. The Kier molecular flexibility index (Phi) is 6.08. The number of hydroxylamine groups is 1. The van der Waals surface area contributed by atoms with Crippen LogP contribution in [0.1, 0.15) is 18.0 Å². The molecule has 1 atom stereocenters. The molecule has 2 N–H and O–H groups in total. The summed E-state index contributed by atoms with van der Waals surface area (Å²) >= 11 is 0. The maximum absolute atomic E-state index is 6.09. The number of aromatic nitrogens is 3. The number of nitrogens with one attached hydrogen (secondary N) is 2. The van der Waals surface area contributed by atoms with Crippen LogP contribution in [0.3, 0.4) is 0 Å². The Morgan fingerprint density at radius 2 is 1.86 bits per heavy atom. The van der Waals surface area contributed by atoms with E-state index in [-0.39, 0.29) is 6.04 Å². The molecule has 0 bridgehead atoms. The molecule has 0 radical (unpaired) electrons. The van der Waals surface area contributed by atoms with Crippen molar-refractivity contribution < 1.29 is 9.57 Å². The molecular formula is C27H31N7O2. The van der Waals surface area contributed by atoms with Gasteiger partial charge in [-0.15, -0.1) is 0 Å². The summed E-state index contributed by atoms with van der Waals surface area (Å²) in [6, 6.07) is 18.7. The van der Waals surface area contributed by atoms with Crippen LogP contribution < -0.4 is 20.0 Å². The lowest BCUT2D eigenvalue weighted by molar-refractivity contribution is 0.157. The molecule has 0 saturated carbocycles. The van der Waals surface area contributed by atoms with Gasteiger partial charge in [-0.1, -0.05) is 30.3 Å². The van der Waals surface area contributed by atoms with Crippen molar-refractivity contribution in [1.82, 2.24) is 19.9 Å². The van der Waals surface area contributed by atoms with E-state index in [0.717, 1.165) is 66.6 Å². The van der Waals surface area contributed by atoms with Crippen LogP contribution in [-0.4, -0.2) is 66.8 Å². The maximum Gasteiger partial charge on any atom is 0.231 e.